The van der Waals surface area contributed by atoms with Gasteiger partial charge in [0, 0.05) is 19.2 Å². The molecule has 23 heavy (non-hydrogen) atoms. The van der Waals surface area contributed by atoms with Crippen LogP contribution in [-0.4, -0.2) is 41.2 Å². The highest BCUT2D eigenvalue weighted by atomic mass is 32.1. The zero-order chi connectivity index (χ0) is 16.8. The van der Waals surface area contributed by atoms with Gasteiger partial charge in [0.25, 0.3) is 11.5 Å². The number of amides is 1. The molecule has 1 N–H and O–H groups in total. The zero-order valence-electron chi connectivity index (χ0n) is 13.7. The summed E-state index contributed by atoms with van der Waals surface area (Å²) in [6.45, 7) is 2.95. The third-order valence-corrected chi connectivity index (χ3v) is 4.24. The molecule has 1 amide bonds. The van der Waals surface area contributed by atoms with Crippen LogP contribution in [-0.2, 0) is 6.54 Å². The molecule has 0 aliphatic rings. The molecule has 0 aromatic carbocycles. The summed E-state index contributed by atoms with van der Waals surface area (Å²) in [6.07, 6.45) is 0.791. The van der Waals surface area contributed by atoms with Gasteiger partial charge in [-0.2, -0.15) is 16.4 Å². The molecule has 0 radical (unpaired) electrons. The summed E-state index contributed by atoms with van der Waals surface area (Å²) in [7, 11) is 3.96. The molecule has 7 heteroatoms. The van der Waals surface area contributed by atoms with Gasteiger partial charge in [-0.3, -0.25) is 9.59 Å². The van der Waals surface area contributed by atoms with Crippen molar-refractivity contribution in [3.63, 3.8) is 0 Å². The van der Waals surface area contributed by atoms with Crippen molar-refractivity contribution in [2.45, 2.75) is 25.9 Å². The molecule has 0 spiro atoms. The Kier molecular flexibility index (Phi) is 6.06. The lowest BCUT2D eigenvalue weighted by atomic mass is 10.1. The summed E-state index contributed by atoms with van der Waals surface area (Å²) >= 11 is 1.64. The van der Waals surface area contributed by atoms with Crippen LogP contribution < -0.4 is 10.9 Å². The summed E-state index contributed by atoms with van der Waals surface area (Å²) in [5, 5.41) is 11.1. The van der Waals surface area contributed by atoms with E-state index in [0.717, 1.165) is 6.42 Å². The average molecular weight is 334 g/mol. The number of likely N-dealkylation sites (N-methyl/N-ethyl adjacent to an activating group) is 1. The van der Waals surface area contributed by atoms with Crippen LogP contribution in [0.3, 0.4) is 0 Å². The summed E-state index contributed by atoms with van der Waals surface area (Å²) in [4.78, 5) is 26.0. The monoisotopic (exact) mass is 334 g/mol. The molecule has 2 aromatic rings. The molecule has 0 aliphatic carbocycles. The van der Waals surface area contributed by atoms with E-state index < -0.39 is 0 Å². The number of hydrogen-bond donors (Lipinski definition) is 1. The summed E-state index contributed by atoms with van der Waals surface area (Å²) in [5.41, 5.74) is 1.25. The van der Waals surface area contributed by atoms with Gasteiger partial charge in [-0.05, 0) is 49.0 Å². The molecule has 2 heterocycles. The van der Waals surface area contributed by atoms with Crippen molar-refractivity contribution in [3.8, 4) is 0 Å². The molecular weight excluding hydrogens is 312 g/mol. The van der Waals surface area contributed by atoms with Crippen molar-refractivity contribution in [1.82, 2.24) is 20.0 Å². The average Bonchev–Trinajstić information content (AvgIpc) is 3.03. The van der Waals surface area contributed by atoms with E-state index in [2.05, 4.69) is 26.8 Å². The van der Waals surface area contributed by atoms with E-state index in [1.807, 2.05) is 26.4 Å². The van der Waals surface area contributed by atoms with E-state index >= 15 is 0 Å². The topological polar surface area (TPSA) is 67.2 Å². The van der Waals surface area contributed by atoms with Crippen LogP contribution in [0.25, 0.3) is 0 Å². The third kappa shape index (κ3) is 4.49. The number of thiophene rings is 1. The van der Waals surface area contributed by atoms with Gasteiger partial charge in [0.05, 0.1) is 6.04 Å². The van der Waals surface area contributed by atoms with Crippen LogP contribution in [0.1, 0.15) is 35.4 Å². The summed E-state index contributed by atoms with van der Waals surface area (Å²) in [6, 6.07) is 5.02. The molecule has 0 bridgehead atoms. The standard InChI is InChI=1S/C16H22N4O2S/c1-4-8-20-15(21)6-5-13(18-20)16(22)17-10-14(19(2)3)12-7-9-23-11-12/h5-7,9,11,14H,4,8,10H2,1-3H3,(H,17,22)/t14-/m1/s1. The minimum absolute atomic E-state index is 0.103. The summed E-state index contributed by atoms with van der Waals surface area (Å²) in [5.74, 6) is -0.267. The lowest BCUT2D eigenvalue weighted by Crippen LogP contribution is -2.35. The van der Waals surface area contributed by atoms with Crippen LogP contribution in [0.5, 0.6) is 0 Å². The fourth-order valence-corrected chi connectivity index (χ4v) is 2.99. The van der Waals surface area contributed by atoms with Gasteiger partial charge in [-0.1, -0.05) is 6.92 Å². The highest BCUT2D eigenvalue weighted by molar-refractivity contribution is 7.07. The highest BCUT2D eigenvalue weighted by Gasteiger charge is 2.17. The SMILES string of the molecule is CCCn1nc(C(=O)NC[C@H](c2ccsc2)N(C)C)ccc1=O. The number of aryl methyl sites for hydroxylation is 1. The second-order valence-corrected chi connectivity index (χ2v) is 6.31. The Morgan fingerprint density at radius 2 is 2.17 bits per heavy atom. The molecular formula is C16H22N4O2S. The normalized spacial score (nSPS) is 12.3. The van der Waals surface area contributed by atoms with Gasteiger partial charge < -0.3 is 10.2 Å². The smallest absolute Gasteiger partial charge is 0.271 e. The zero-order valence-corrected chi connectivity index (χ0v) is 14.5. The van der Waals surface area contributed by atoms with Gasteiger partial charge in [-0.25, -0.2) is 4.68 Å². The van der Waals surface area contributed by atoms with Crippen molar-refractivity contribution in [3.05, 3.63) is 50.6 Å². The molecule has 2 aromatic heterocycles. The molecule has 0 saturated carbocycles. The van der Waals surface area contributed by atoms with Crippen molar-refractivity contribution in [1.29, 1.82) is 0 Å². The lowest BCUT2D eigenvalue weighted by Gasteiger charge is -2.23. The highest BCUT2D eigenvalue weighted by Crippen LogP contribution is 2.19. The Morgan fingerprint density at radius 3 is 2.78 bits per heavy atom. The Balaban J connectivity index is 2.06. The minimum Gasteiger partial charge on any atom is -0.349 e. The second kappa shape index (κ2) is 8.03. The predicted molar refractivity (Wildman–Crippen MR) is 91.9 cm³/mol. The van der Waals surface area contributed by atoms with Gasteiger partial charge in [0.15, 0.2) is 0 Å². The molecule has 2 rings (SSSR count). The fourth-order valence-electron chi connectivity index (χ4n) is 2.29. The van der Waals surface area contributed by atoms with Crippen molar-refractivity contribution in [2.24, 2.45) is 0 Å². The van der Waals surface area contributed by atoms with Crippen LogP contribution in [0.15, 0.2) is 33.8 Å². The van der Waals surface area contributed by atoms with E-state index in [-0.39, 0.29) is 23.2 Å². The van der Waals surface area contributed by atoms with E-state index in [9.17, 15) is 9.59 Å². The number of hydrogen-bond acceptors (Lipinski definition) is 5. The van der Waals surface area contributed by atoms with Gasteiger partial charge in [-0.15, -0.1) is 0 Å². The predicted octanol–water partition coefficient (Wildman–Crippen LogP) is 1.75. The molecule has 6 nitrogen and oxygen atoms in total. The van der Waals surface area contributed by atoms with E-state index in [0.29, 0.717) is 13.1 Å². The number of nitrogens with zero attached hydrogens (tertiary/aromatic N) is 3. The molecule has 0 saturated heterocycles. The lowest BCUT2D eigenvalue weighted by molar-refractivity contribution is 0.0934. The number of carbonyl (C=O) groups is 1. The molecule has 0 unspecified atom stereocenters. The van der Waals surface area contributed by atoms with Crippen molar-refractivity contribution < 1.29 is 4.79 Å². The maximum absolute atomic E-state index is 12.3. The van der Waals surface area contributed by atoms with Gasteiger partial charge in [0.1, 0.15) is 5.69 Å². The third-order valence-electron chi connectivity index (χ3n) is 3.54. The molecule has 0 aliphatic heterocycles. The van der Waals surface area contributed by atoms with Crippen LogP contribution >= 0.6 is 11.3 Å². The molecule has 124 valence electrons. The Morgan fingerprint density at radius 1 is 1.39 bits per heavy atom. The van der Waals surface area contributed by atoms with Crippen LogP contribution in [0.4, 0.5) is 0 Å². The van der Waals surface area contributed by atoms with Gasteiger partial charge in [0.2, 0.25) is 0 Å². The van der Waals surface area contributed by atoms with Crippen LogP contribution in [0, 0.1) is 0 Å². The Labute approximate surface area is 139 Å². The Bertz CT molecular complexity index is 694. The number of rotatable bonds is 7. The molecule has 1 atom stereocenters. The maximum atomic E-state index is 12.3. The summed E-state index contributed by atoms with van der Waals surface area (Å²) < 4.78 is 1.33. The minimum atomic E-state index is -0.267. The first-order chi connectivity index (χ1) is 11.0. The first-order valence-corrected chi connectivity index (χ1v) is 8.52. The number of carbonyl (C=O) groups excluding carboxylic acids is 1. The van der Waals surface area contributed by atoms with Crippen molar-refractivity contribution >= 4 is 17.2 Å². The van der Waals surface area contributed by atoms with E-state index in [1.165, 1.54) is 22.4 Å². The van der Waals surface area contributed by atoms with E-state index in [4.69, 9.17) is 0 Å². The Hall–Kier alpha value is -1.99. The van der Waals surface area contributed by atoms with E-state index in [1.54, 1.807) is 11.3 Å². The maximum Gasteiger partial charge on any atom is 0.271 e. The quantitative estimate of drug-likeness (QED) is 0.838. The fraction of sp³-hybridized carbons (Fsp3) is 0.438. The second-order valence-electron chi connectivity index (χ2n) is 5.53. The first kappa shape index (κ1) is 17.4. The number of aromatic nitrogens is 2. The largest absolute Gasteiger partial charge is 0.349 e. The number of nitrogens with one attached hydrogen (secondary N) is 1. The van der Waals surface area contributed by atoms with Gasteiger partial charge >= 0.3 is 0 Å². The van der Waals surface area contributed by atoms with Crippen molar-refractivity contribution in [2.75, 3.05) is 20.6 Å². The van der Waals surface area contributed by atoms with Crippen LogP contribution in [0.2, 0.25) is 0 Å². The molecule has 0 fully saturated rings. The first-order valence-electron chi connectivity index (χ1n) is 7.57.